The first-order valence-electron chi connectivity index (χ1n) is 7.20. The largest absolute Gasteiger partial charge is 0.368 e. The van der Waals surface area contributed by atoms with Gasteiger partial charge < -0.3 is 15.1 Å². The molecule has 0 bridgehead atoms. The van der Waals surface area contributed by atoms with E-state index in [1.807, 2.05) is 17.0 Å². The van der Waals surface area contributed by atoms with E-state index in [0.29, 0.717) is 6.04 Å². The van der Waals surface area contributed by atoms with Crippen molar-refractivity contribution in [1.82, 2.24) is 10.2 Å². The Morgan fingerprint density at radius 3 is 2.55 bits per heavy atom. The number of nitrogens with zero attached hydrogens (tertiary/aromatic N) is 2. The van der Waals surface area contributed by atoms with Crippen molar-refractivity contribution < 1.29 is 4.79 Å². The van der Waals surface area contributed by atoms with Gasteiger partial charge in [0.1, 0.15) is 0 Å². The molecule has 0 unspecified atom stereocenters. The van der Waals surface area contributed by atoms with Gasteiger partial charge in [0, 0.05) is 42.9 Å². The summed E-state index contributed by atoms with van der Waals surface area (Å²) in [5, 5.41) is 3.82. The number of benzene rings is 1. The third-order valence-corrected chi connectivity index (χ3v) is 4.21. The van der Waals surface area contributed by atoms with Crippen LogP contribution in [0.1, 0.15) is 18.4 Å². The Bertz CT molecular complexity index is 508. The molecule has 1 aliphatic carbocycles. The number of anilines is 1. The van der Waals surface area contributed by atoms with Crippen LogP contribution in [0, 0.1) is 6.92 Å². The summed E-state index contributed by atoms with van der Waals surface area (Å²) in [4.78, 5) is 16.2. The van der Waals surface area contributed by atoms with Gasteiger partial charge in [-0.25, -0.2) is 4.79 Å². The van der Waals surface area contributed by atoms with Gasteiger partial charge in [-0.15, -0.1) is 0 Å². The Balaban J connectivity index is 1.58. The molecule has 108 valence electrons. The average molecular weight is 294 g/mol. The van der Waals surface area contributed by atoms with E-state index in [1.165, 1.54) is 11.3 Å². The molecule has 4 nitrogen and oxygen atoms in total. The fourth-order valence-electron chi connectivity index (χ4n) is 2.62. The van der Waals surface area contributed by atoms with Crippen LogP contribution >= 0.6 is 11.6 Å². The molecule has 1 aromatic rings. The summed E-state index contributed by atoms with van der Waals surface area (Å²) in [5.74, 6) is 0. The van der Waals surface area contributed by atoms with E-state index in [-0.39, 0.29) is 6.03 Å². The minimum atomic E-state index is 0.0972. The summed E-state index contributed by atoms with van der Waals surface area (Å²) in [6.45, 7) is 5.38. The minimum absolute atomic E-state index is 0.0972. The Labute approximate surface area is 124 Å². The zero-order chi connectivity index (χ0) is 14.1. The molecular weight excluding hydrogens is 274 g/mol. The van der Waals surface area contributed by atoms with Crippen molar-refractivity contribution in [3.05, 3.63) is 28.8 Å². The number of hydrogen-bond acceptors (Lipinski definition) is 2. The Morgan fingerprint density at radius 2 is 1.95 bits per heavy atom. The predicted octanol–water partition coefficient (Wildman–Crippen LogP) is 2.64. The summed E-state index contributed by atoms with van der Waals surface area (Å²) >= 11 is 6.00. The molecular formula is C15H20ClN3O. The van der Waals surface area contributed by atoms with Crippen LogP contribution in [0.5, 0.6) is 0 Å². The van der Waals surface area contributed by atoms with Gasteiger partial charge in [0.05, 0.1) is 0 Å². The first-order chi connectivity index (χ1) is 9.63. The van der Waals surface area contributed by atoms with E-state index in [4.69, 9.17) is 11.6 Å². The highest BCUT2D eigenvalue weighted by atomic mass is 35.5. The van der Waals surface area contributed by atoms with E-state index in [0.717, 1.165) is 44.0 Å². The van der Waals surface area contributed by atoms with Gasteiger partial charge in [0.2, 0.25) is 0 Å². The molecule has 1 heterocycles. The number of amides is 2. The number of hydrogen-bond donors (Lipinski definition) is 1. The first kappa shape index (κ1) is 13.6. The predicted molar refractivity (Wildman–Crippen MR) is 81.5 cm³/mol. The highest BCUT2D eigenvalue weighted by Gasteiger charge is 2.27. The van der Waals surface area contributed by atoms with Gasteiger partial charge in [-0.05, 0) is 43.5 Å². The molecule has 1 saturated carbocycles. The Morgan fingerprint density at radius 1 is 1.25 bits per heavy atom. The number of aryl methyl sites for hydroxylation is 1. The lowest BCUT2D eigenvalue weighted by molar-refractivity contribution is 0.194. The van der Waals surface area contributed by atoms with Gasteiger partial charge in [-0.3, -0.25) is 0 Å². The molecule has 2 amide bonds. The fourth-order valence-corrected chi connectivity index (χ4v) is 2.84. The van der Waals surface area contributed by atoms with Gasteiger partial charge in [-0.2, -0.15) is 0 Å². The smallest absolute Gasteiger partial charge is 0.317 e. The Hall–Kier alpha value is -1.42. The molecule has 1 aliphatic heterocycles. The van der Waals surface area contributed by atoms with Crippen molar-refractivity contribution in [3.8, 4) is 0 Å². The van der Waals surface area contributed by atoms with Crippen molar-refractivity contribution >= 4 is 23.3 Å². The van der Waals surface area contributed by atoms with Crippen molar-refractivity contribution in [2.24, 2.45) is 0 Å². The van der Waals surface area contributed by atoms with Crippen molar-refractivity contribution in [2.45, 2.75) is 25.8 Å². The maximum absolute atomic E-state index is 12.0. The molecule has 2 fully saturated rings. The van der Waals surface area contributed by atoms with Crippen LogP contribution in [0.4, 0.5) is 10.5 Å². The van der Waals surface area contributed by atoms with Crippen LogP contribution in [0.25, 0.3) is 0 Å². The van der Waals surface area contributed by atoms with Gasteiger partial charge in [-0.1, -0.05) is 11.6 Å². The minimum Gasteiger partial charge on any atom is -0.368 e. The standard InChI is InChI=1S/C15H20ClN3O/c1-11-10-12(16)2-5-14(11)18-6-8-19(9-7-18)15(20)17-13-3-4-13/h2,5,10,13H,3-4,6-9H2,1H3,(H,17,20). The second kappa shape index (κ2) is 5.52. The van der Waals surface area contributed by atoms with Crippen LogP contribution < -0.4 is 10.2 Å². The third kappa shape index (κ3) is 3.01. The van der Waals surface area contributed by atoms with Crippen LogP contribution in [0.3, 0.4) is 0 Å². The van der Waals surface area contributed by atoms with E-state index < -0.39 is 0 Å². The molecule has 0 aromatic heterocycles. The Kier molecular flexibility index (Phi) is 3.74. The number of urea groups is 1. The molecule has 1 saturated heterocycles. The molecule has 2 aliphatic rings. The average Bonchev–Trinajstić information content (AvgIpc) is 3.23. The van der Waals surface area contributed by atoms with Crippen LogP contribution in [0.2, 0.25) is 5.02 Å². The first-order valence-corrected chi connectivity index (χ1v) is 7.58. The summed E-state index contributed by atoms with van der Waals surface area (Å²) in [5.41, 5.74) is 2.41. The summed E-state index contributed by atoms with van der Waals surface area (Å²) in [6, 6.07) is 6.51. The highest BCUT2D eigenvalue weighted by molar-refractivity contribution is 6.30. The maximum atomic E-state index is 12.0. The molecule has 3 rings (SSSR count). The zero-order valence-corrected chi connectivity index (χ0v) is 12.5. The highest BCUT2D eigenvalue weighted by Crippen LogP contribution is 2.25. The maximum Gasteiger partial charge on any atom is 0.317 e. The van der Waals surface area contributed by atoms with Gasteiger partial charge in [0.15, 0.2) is 0 Å². The molecule has 20 heavy (non-hydrogen) atoms. The number of piperazine rings is 1. The lowest BCUT2D eigenvalue weighted by Crippen LogP contribution is -2.52. The monoisotopic (exact) mass is 293 g/mol. The van der Waals surface area contributed by atoms with E-state index >= 15 is 0 Å². The summed E-state index contributed by atoms with van der Waals surface area (Å²) in [6.07, 6.45) is 2.27. The molecule has 0 atom stereocenters. The topological polar surface area (TPSA) is 35.6 Å². The number of rotatable bonds is 2. The number of carbonyl (C=O) groups is 1. The van der Waals surface area contributed by atoms with Crippen LogP contribution in [0.15, 0.2) is 18.2 Å². The lowest BCUT2D eigenvalue weighted by Gasteiger charge is -2.36. The van der Waals surface area contributed by atoms with E-state index in [9.17, 15) is 4.79 Å². The molecule has 1 N–H and O–H groups in total. The number of nitrogens with one attached hydrogen (secondary N) is 1. The zero-order valence-electron chi connectivity index (χ0n) is 11.7. The van der Waals surface area contributed by atoms with Crippen molar-refractivity contribution in [3.63, 3.8) is 0 Å². The molecule has 0 spiro atoms. The third-order valence-electron chi connectivity index (χ3n) is 3.97. The second-order valence-electron chi connectivity index (χ2n) is 5.63. The SMILES string of the molecule is Cc1cc(Cl)ccc1N1CCN(C(=O)NC2CC2)CC1. The van der Waals surface area contributed by atoms with Gasteiger partial charge >= 0.3 is 6.03 Å². The summed E-state index contributed by atoms with van der Waals surface area (Å²) in [7, 11) is 0. The quantitative estimate of drug-likeness (QED) is 0.910. The lowest BCUT2D eigenvalue weighted by atomic mass is 10.1. The van der Waals surface area contributed by atoms with E-state index in [1.54, 1.807) is 0 Å². The number of carbonyl (C=O) groups excluding carboxylic acids is 1. The second-order valence-corrected chi connectivity index (χ2v) is 6.07. The normalized spacial score (nSPS) is 19.1. The molecule has 1 aromatic carbocycles. The molecule has 5 heteroatoms. The van der Waals surface area contributed by atoms with Crippen molar-refractivity contribution in [2.75, 3.05) is 31.1 Å². The van der Waals surface area contributed by atoms with Gasteiger partial charge in [0.25, 0.3) is 0 Å². The van der Waals surface area contributed by atoms with Crippen LogP contribution in [-0.4, -0.2) is 43.2 Å². The van der Waals surface area contributed by atoms with Crippen molar-refractivity contribution in [1.29, 1.82) is 0 Å². The number of halogens is 1. The molecule has 0 radical (unpaired) electrons. The van der Waals surface area contributed by atoms with Crippen LogP contribution in [-0.2, 0) is 0 Å². The fraction of sp³-hybridized carbons (Fsp3) is 0.533. The van der Waals surface area contributed by atoms with E-state index in [2.05, 4.69) is 23.2 Å². The summed E-state index contributed by atoms with van der Waals surface area (Å²) < 4.78 is 0.